The zero-order chi connectivity index (χ0) is 80.2. The molecule has 0 aliphatic carbocycles. The second-order valence-electron chi connectivity index (χ2n) is 24.2. The van der Waals surface area contributed by atoms with Crippen LogP contribution < -0.4 is 64.1 Å². The number of allylic oxidation sites excluding steroid dienone is 8. The molecule has 0 heterocycles. The van der Waals surface area contributed by atoms with Gasteiger partial charge in [-0.05, 0) is 120 Å². The Morgan fingerprint density at radius 2 is 0.309 bits per heavy atom. The van der Waals surface area contributed by atoms with Crippen LogP contribution in [0.1, 0.15) is 55.4 Å². The van der Waals surface area contributed by atoms with E-state index in [2.05, 4.69) is 48.5 Å². The molecule has 570 valence electrons. The molecule has 0 spiro atoms. The summed E-state index contributed by atoms with van der Waals surface area (Å²) < 4.78 is 45.6. The number of benzene rings is 10. The van der Waals surface area contributed by atoms with Crippen LogP contribution in [-0.4, -0.2) is 106 Å². The molecule has 0 N–H and O–H groups in total. The quantitative estimate of drug-likeness (QED) is 0.0371. The predicted molar refractivity (Wildman–Crippen MR) is 437 cm³/mol. The Morgan fingerprint density at radius 3 is 0.382 bits per heavy atom. The zero-order valence-corrected chi connectivity index (χ0v) is 70.9. The normalized spacial score (nSPS) is 11.0. The van der Waals surface area contributed by atoms with E-state index in [-0.39, 0.29) is 98.6 Å². The minimum absolute atomic E-state index is 0. The molecule has 10 rings (SSSR count). The molecule has 0 aromatic heterocycles. The summed E-state index contributed by atoms with van der Waals surface area (Å²) in [6, 6.07) is 101. The molecule has 10 aromatic rings. The van der Waals surface area contributed by atoms with Gasteiger partial charge in [-0.25, -0.2) is 0 Å². The molecule has 0 aliphatic rings. The van der Waals surface area contributed by atoms with Gasteiger partial charge in [-0.15, -0.1) is 66.7 Å². The second-order valence-corrected chi connectivity index (χ2v) is 24.2. The minimum Gasteiger partial charge on any atom is -0.876 e. The summed E-state index contributed by atoms with van der Waals surface area (Å²) >= 11 is 0. The summed E-state index contributed by atoms with van der Waals surface area (Å²) in [6.07, 6.45) is 4.22. The fourth-order valence-corrected chi connectivity index (χ4v) is 11.4. The van der Waals surface area contributed by atoms with Gasteiger partial charge in [-0.3, -0.25) is 19.2 Å². The van der Waals surface area contributed by atoms with E-state index in [0.717, 1.165) is 68.0 Å². The molecule has 0 saturated carbocycles. The summed E-state index contributed by atoms with van der Waals surface area (Å²) in [7, 11) is 13.5. The number of hydrogen-bond donors (Lipinski definition) is 0. The SMILES string of the molecule is CC(=O)/C=C(/C)[O-].CC(=O)/C=C(/C)[O-].CC(=O)/C=C(/C)[O-].CC(=O)/C=C(/C)[O-].CO[B-](OC)(c1ccccc1)c1ccccc1.CO[B-](OC)(c1ccccc1)c1ccccc1.CO[B-](OC)(c1ccccc1)c1ccccc1.CO[B-](OC)(c1ccccc1)c1ccccc1.[Zr+4].[Zr+4].c1ccc(-c2ccccc2)cc1. The number of hydrogen-bond acceptors (Lipinski definition) is 16. The third kappa shape index (κ3) is 35.6. The van der Waals surface area contributed by atoms with Gasteiger partial charge < -0.3 is 57.7 Å². The Balaban J connectivity index is 0.00000124. The Kier molecular flexibility index (Phi) is 52.1. The molecule has 22 heteroatoms. The molecule has 0 fully saturated rings. The van der Waals surface area contributed by atoms with Crippen LogP contribution in [0.15, 0.2) is 351 Å². The van der Waals surface area contributed by atoms with Gasteiger partial charge in [0.25, 0.3) is 26.2 Å². The monoisotopic (exact) mass is 1640 g/mol. The number of ketones is 4. The van der Waals surface area contributed by atoms with E-state index in [1.54, 1.807) is 56.9 Å². The molecule has 10 aromatic carbocycles. The van der Waals surface area contributed by atoms with E-state index in [0.29, 0.717) is 0 Å². The Labute approximate surface area is 691 Å². The molecule has 16 nitrogen and oxygen atoms in total. The van der Waals surface area contributed by atoms with Crippen molar-refractivity contribution in [2.75, 3.05) is 56.9 Å². The van der Waals surface area contributed by atoms with Crippen molar-refractivity contribution in [3.8, 4) is 11.1 Å². The molecular weight excluding hydrogens is 1540 g/mol. The average molecular weight is 1640 g/mol. The fraction of sp³-hybridized carbons (Fsp3) is 0.182. The molecule has 0 unspecified atom stereocenters. The van der Waals surface area contributed by atoms with Gasteiger partial charge in [0.05, 0.1) is 0 Å². The van der Waals surface area contributed by atoms with Crippen LogP contribution in [0, 0.1) is 0 Å². The van der Waals surface area contributed by atoms with Gasteiger partial charge in [0, 0.05) is 0 Å². The molecular formula is C88H102B4O16Zr2. The van der Waals surface area contributed by atoms with Crippen molar-refractivity contribution < 1.29 is 129 Å². The van der Waals surface area contributed by atoms with E-state index < -0.39 is 26.2 Å². The summed E-state index contributed by atoms with van der Waals surface area (Å²) in [4.78, 5) is 39.9. The largest absolute Gasteiger partial charge is 4.00 e. The van der Waals surface area contributed by atoms with Gasteiger partial charge in [-0.2, -0.15) is 0 Å². The van der Waals surface area contributed by atoms with Crippen molar-refractivity contribution in [3.63, 3.8) is 0 Å². The molecule has 0 saturated heterocycles. The first kappa shape index (κ1) is 101. The standard InChI is InChI=1S/4C14H16BO2.C12H10.4C5H8O2.2Zr/c4*1-16-15(17-2,13-9-5-3-6-10-13)14-11-7-4-8-12-14;1-3-7-11(8-4-1)12-9-5-2-6-10-12;4*1-4(6)3-5(2)7;;/h4*3-12H,1-2H3;1-10H;4*3,6H,1-2H3;;/q4*-1;;;;;;2*+4/p-4/b;;;;;4*4-3-;;. The predicted octanol–water partition coefficient (Wildman–Crippen LogP) is 8.85. The molecule has 0 amide bonds. The molecule has 0 atom stereocenters. The van der Waals surface area contributed by atoms with Gasteiger partial charge in [-0.1, -0.05) is 331 Å². The van der Waals surface area contributed by atoms with E-state index in [1.165, 1.54) is 66.5 Å². The van der Waals surface area contributed by atoms with Crippen LogP contribution in [-0.2, 0) is 109 Å². The first-order chi connectivity index (χ1) is 51.8. The van der Waals surface area contributed by atoms with Crippen molar-refractivity contribution >= 4 is 93.0 Å². The average Bonchev–Trinajstić information content (AvgIpc) is 0.812. The van der Waals surface area contributed by atoms with Crippen molar-refractivity contribution in [2.45, 2.75) is 55.4 Å². The van der Waals surface area contributed by atoms with E-state index in [4.69, 9.17) is 37.2 Å². The van der Waals surface area contributed by atoms with Gasteiger partial charge >= 0.3 is 52.4 Å². The Bertz CT molecular complexity index is 3520. The van der Waals surface area contributed by atoms with Gasteiger partial charge in [0.2, 0.25) is 0 Å². The van der Waals surface area contributed by atoms with Crippen molar-refractivity contribution in [1.29, 1.82) is 0 Å². The van der Waals surface area contributed by atoms with E-state index in [9.17, 15) is 39.6 Å². The third-order valence-electron chi connectivity index (χ3n) is 16.1. The maximum absolute atomic E-state index is 9.98. The summed E-state index contributed by atoms with van der Waals surface area (Å²) in [5, 5.41) is 39.9. The first-order valence-corrected chi connectivity index (χ1v) is 34.8. The first-order valence-electron chi connectivity index (χ1n) is 34.8. The van der Waals surface area contributed by atoms with Crippen LogP contribution in [0.2, 0.25) is 0 Å². The number of carbonyl (C=O) groups excluding carboxylic acids is 4. The number of carbonyl (C=O) groups is 4. The minimum atomic E-state index is -1.58. The van der Waals surface area contributed by atoms with E-state index >= 15 is 0 Å². The topological polar surface area (TPSA) is 234 Å². The summed E-state index contributed by atoms with van der Waals surface area (Å²) in [5.41, 5.74) is 10.9. The van der Waals surface area contributed by atoms with Crippen LogP contribution in [0.4, 0.5) is 0 Å². The summed E-state index contributed by atoms with van der Waals surface area (Å²) in [6.45, 7) is 4.47. The van der Waals surface area contributed by atoms with Crippen LogP contribution in [0.5, 0.6) is 0 Å². The molecule has 0 bridgehead atoms. The van der Waals surface area contributed by atoms with Crippen molar-refractivity contribution in [1.82, 2.24) is 0 Å². The molecule has 0 aliphatic heterocycles. The van der Waals surface area contributed by atoms with Crippen molar-refractivity contribution in [2.24, 2.45) is 0 Å². The van der Waals surface area contributed by atoms with Crippen LogP contribution in [0.25, 0.3) is 11.1 Å². The molecule has 110 heavy (non-hydrogen) atoms. The van der Waals surface area contributed by atoms with Gasteiger partial charge in [0.1, 0.15) is 0 Å². The maximum atomic E-state index is 9.98. The second kappa shape index (κ2) is 56.9. The molecule has 0 radical (unpaired) electrons. The van der Waals surface area contributed by atoms with E-state index in [1.807, 2.05) is 255 Å². The fourth-order valence-electron chi connectivity index (χ4n) is 11.4. The zero-order valence-electron chi connectivity index (χ0n) is 66.0. The Morgan fingerprint density at radius 1 is 0.209 bits per heavy atom. The Hall–Kier alpha value is -9.25. The summed E-state index contributed by atoms with van der Waals surface area (Å²) in [5.74, 6) is -1.50. The maximum Gasteiger partial charge on any atom is 4.00 e. The van der Waals surface area contributed by atoms with Gasteiger partial charge in [0.15, 0.2) is 23.1 Å². The van der Waals surface area contributed by atoms with Crippen LogP contribution in [0.3, 0.4) is 0 Å². The van der Waals surface area contributed by atoms with Crippen molar-refractivity contribution in [3.05, 3.63) is 351 Å². The smallest absolute Gasteiger partial charge is 0.876 e. The third-order valence-corrected chi connectivity index (χ3v) is 16.1. The van der Waals surface area contributed by atoms with Crippen LogP contribution >= 0.6 is 0 Å². The number of rotatable bonds is 21.